The summed E-state index contributed by atoms with van der Waals surface area (Å²) in [5, 5.41) is 31.0. The summed E-state index contributed by atoms with van der Waals surface area (Å²) >= 11 is 0. The highest BCUT2D eigenvalue weighted by Crippen LogP contribution is 2.52. The van der Waals surface area contributed by atoms with Gasteiger partial charge in [0, 0.05) is 23.1 Å². The first kappa shape index (κ1) is 23.7. The summed E-state index contributed by atoms with van der Waals surface area (Å²) in [5.41, 5.74) is 1.33. The summed E-state index contributed by atoms with van der Waals surface area (Å²) < 4.78 is 17.2. The maximum Gasteiger partial charge on any atom is 0.330 e. The summed E-state index contributed by atoms with van der Waals surface area (Å²) in [4.78, 5) is 42.1. The lowest BCUT2D eigenvalue weighted by Gasteiger charge is -2.39. The second kappa shape index (κ2) is 8.14. The number of Topliss-reactive ketones (excluding diaryl/α,β-unsaturated/α-hetero) is 2. The fourth-order valence-corrected chi connectivity index (χ4v) is 5.62. The van der Waals surface area contributed by atoms with Crippen molar-refractivity contribution in [2.45, 2.75) is 64.1 Å². The van der Waals surface area contributed by atoms with E-state index in [1.54, 1.807) is 32.9 Å². The summed E-state index contributed by atoms with van der Waals surface area (Å²) in [6.45, 7) is 4.95. The van der Waals surface area contributed by atoms with E-state index >= 15 is 0 Å². The zero-order valence-electron chi connectivity index (χ0n) is 20.3. The monoisotopic (exact) mass is 507 g/mol. The molecule has 0 saturated carbocycles. The average Bonchev–Trinajstić information content (AvgIpc) is 3.14. The minimum absolute atomic E-state index is 0.00429. The topological polar surface area (TPSA) is 143 Å². The Balaban J connectivity index is 1.50. The molecule has 192 valence electrons. The predicted molar refractivity (Wildman–Crippen MR) is 127 cm³/mol. The molecule has 10 heteroatoms. The van der Waals surface area contributed by atoms with E-state index in [4.69, 9.17) is 14.2 Å². The van der Waals surface area contributed by atoms with Crippen LogP contribution in [-0.2, 0) is 14.3 Å². The molecule has 3 aliphatic heterocycles. The van der Waals surface area contributed by atoms with Crippen LogP contribution in [0.25, 0.3) is 5.57 Å². The van der Waals surface area contributed by atoms with Gasteiger partial charge in [0.05, 0.1) is 23.3 Å². The van der Waals surface area contributed by atoms with Crippen molar-refractivity contribution in [2.75, 3.05) is 0 Å². The van der Waals surface area contributed by atoms with Gasteiger partial charge < -0.3 is 34.4 Å². The summed E-state index contributed by atoms with van der Waals surface area (Å²) in [6.07, 6.45) is -4.87. The number of ketones is 2. The highest BCUT2D eigenvalue weighted by Gasteiger charge is 2.52. The molecule has 10 nitrogen and oxygen atoms in total. The van der Waals surface area contributed by atoms with Crippen molar-refractivity contribution in [3.05, 3.63) is 63.8 Å². The van der Waals surface area contributed by atoms with Gasteiger partial charge in [0.1, 0.15) is 29.3 Å². The number of hydrogen-bond acceptors (Lipinski definition) is 10. The number of fused-ring (bicyclic) bond motifs is 6. The quantitative estimate of drug-likeness (QED) is 0.517. The van der Waals surface area contributed by atoms with Gasteiger partial charge >= 0.3 is 5.97 Å². The van der Waals surface area contributed by atoms with E-state index in [0.29, 0.717) is 11.1 Å². The van der Waals surface area contributed by atoms with E-state index in [0.717, 1.165) is 0 Å². The van der Waals surface area contributed by atoms with Gasteiger partial charge in [-0.05, 0) is 44.5 Å². The molecule has 3 N–H and O–H groups in total. The molecule has 0 aromatic heterocycles. The van der Waals surface area contributed by atoms with Crippen molar-refractivity contribution in [1.29, 1.82) is 0 Å². The lowest BCUT2D eigenvalue weighted by atomic mass is 9.78. The van der Waals surface area contributed by atoms with Gasteiger partial charge in [0.2, 0.25) is 18.3 Å². The molecule has 37 heavy (non-hydrogen) atoms. The van der Waals surface area contributed by atoms with E-state index in [-0.39, 0.29) is 45.9 Å². The molecule has 2 fully saturated rings. The van der Waals surface area contributed by atoms with E-state index < -0.39 is 54.4 Å². The largest absolute Gasteiger partial charge is 0.507 e. The Labute approximate surface area is 211 Å². The Morgan fingerprint density at radius 3 is 2.54 bits per heavy atom. The molecule has 4 aliphatic rings. The van der Waals surface area contributed by atoms with Gasteiger partial charge in [-0.2, -0.15) is 0 Å². The van der Waals surface area contributed by atoms with Crippen LogP contribution < -0.4 is 4.74 Å². The number of hydrogen-bond donors (Lipinski definition) is 3. The van der Waals surface area contributed by atoms with E-state index in [1.807, 2.05) is 0 Å². The molecule has 0 amide bonds. The molecule has 6 rings (SSSR count). The van der Waals surface area contributed by atoms with Crippen molar-refractivity contribution < 1.29 is 43.9 Å². The number of allylic oxidation sites excluding steroid dienone is 2. The number of rotatable bonds is 2. The van der Waals surface area contributed by atoms with Crippen LogP contribution >= 0.6 is 0 Å². The van der Waals surface area contributed by atoms with Crippen LogP contribution in [0.3, 0.4) is 0 Å². The third-order valence-electron chi connectivity index (χ3n) is 7.42. The fraction of sp³-hybridized carbons (Fsp3) is 0.370. The fourth-order valence-electron chi connectivity index (χ4n) is 5.62. The van der Waals surface area contributed by atoms with Crippen molar-refractivity contribution in [1.82, 2.24) is 4.90 Å². The molecule has 2 aromatic rings. The van der Waals surface area contributed by atoms with Gasteiger partial charge in [-0.3, -0.25) is 9.59 Å². The second-order valence-corrected chi connectivity index (χ2v) is 9.86. The number of carbonyl (C=O) groups is 3. The summed E-state index contributed by atoms with van der Waals surface area (Å²) in [6, 6.07) is 6.96. The molecule has 0 bridgehead atoms. The predicted octanol–water partition coefficient (Wildman–Crippen LogP) is 1.99. The van der Waals surface area contributed by atoms with Crippen molar-refractivity contribution in [2.24, 2.45) is 0 Å². The highest BCUT2D eigenvalue weighted by molar-refractivity contribution is 6.41. The molecular formula is C27H25NO9. The molecule has 6 atom stereocenters. The van der Waals surface area contributed by atoms with Crippen LogP contribution in [0.5, 0.6) is 11.5 Å². The first-order valence-corrected chi connectivity index (χ1v) is 12.1. The number of phenolic OH excluding ortho intramolecular Hbond substituents is 1. The van der Waals surface area contributed by atoms with E-state index in [2.05, 4.69) is 0 Å². The standard InChI is InChI=1S/C27H25NO9/c1-10-7-14-19(15(29)8-10)21-22(28-11(2)27(34)37-26(14)28)25(33)20-13(24(21)32)5-4-6-17(20)36-18-9-16(30)23(31)12(3)35-18/h4-8,11-12,16,18,23,26,29-31H,9H2,1-3H3/t11-,12-,16+,18-,23-,26+/m0/s1. The van der Waals surface area contributed by atoms with Gasteiger partial charge in [-0.1, -0.05) is 12.1 Å². The number of nitrogens with zero attached hydrogens (tertiary/aromatic N) is 1. The number of aryl methyl sites for hydroxylation is 1. The number of phenols is 1. The van der Waals surface area contributed by atoms with Crippen LogP contribution in [0.4, 0.5) is 0 Å². The Hall–Kier alpha value is -3.73. The van der Waals surface area contributed by atoms with Crippen LogP contribution in [0.15, 0.2) is 36.0 Å². The maximum absolute atomic E-state index is 14.1. The van der Waals surface area contributed by atoms with Crippen LogP contribution in [0, 0.1) is 6.92 Å². The number of ether oxygens (including phenoxy) is 3. The van der Waals surface area contributed by atoms with E-state index in [1.165, 1.54) is 23.1 Å². The van der Waals surface area contributed by atoms with Gasteiger partial charge in [-0.15, -0.1) is 0 Å². The molecule has 3 heterocycles. The molecule has 2 saturated heterocycles. The van der Waals surface area contributed by atoms with Gasteiger partial charge in [0.25, 0.3) is 0 Å². The SMILES string of the molecule is Cc1cc(O)c2c(c1)[C@H]1OC(=O)[C@H](C)N1C1=C2C(=O)c2cccc(O[C@H]3C[C@@H](O)[C@@H](O)[C@H](C)O3)c2C1=O. The Morgan fingerprint density at radius 1 is 1.05 bits per heavy atom. The number of carbonyl (C=O) groups excluding carboxylic acids is 3. The summed E-state index contributed by atoms with van der Waals surface area (Å²) in [5.74, 6) is -1.75. The molecule has 0 radical (unpaired) electrons. The number of aliphatic hydroxyl groups excluding tert-OH is 2. The van der Waals surface area contributed by atoms with Crippen LogP contribution in [0.1, 0.15) is 63.9 Å². The normalized spacial score (nSPS) is 30.4. The average molecular weight is 507 g/mol. The number of benzene rings is 2. The zero-order chi connectivity index (χ0) is 26.3. The second-order valence-electron chi connectivity index (χ2n) is 9.86. The minimum Gasteiger partial charge on any atom is -0.507 e. The van der Waals surface area contributed by atoms with Crippen molar-refractivity contribution >= 4 is 23.1 Å². The van der Waals surface area contributed by atoms with Crippen LogP contribution in [0.2, 0.25) is 0 Å². The number of esters is 1. The van der Waals surface area contributed by atoms with Crippen molar-refractivity contribution in [3.8, 4) is 11.5 Å². The number of aromatic hydroxyl groups is 1. The molecule has 0 unspecified atom stereocenters. The molecule has 1 aliphatic carbocycles. The third kappa shape index (κ3) is 3.33. The van der Waals surface area contributed by atoms with Gasteiger partial charge in [0.15, 0.2) is 5.78 Å². The van der Waals surface area contributed by atoms with E-state index in [9.17, 15) is 29.7 Å². The van der Waals surface area contributed by atoms with Crippen LogP contribution in [-0.4, -0.2) is 68.4 Å². The molecule has 2 aromatic carbocycles. The maximum atomic E-state index is 14.1. The Morgan fingerprint density at radius 2 is 1.81 bits per heavy atom. The minimum atomic E-state index is -1.09. The molecule has 0 spiro atoms. The first-order chi connectivity index (χ1) is 17.6. The lowest BCUT2D eigenvalue weighted by molar-refractivity contribution is -0.216. The molecular weight excluding hydrogens is 482 g/mol. The first-order valence-electron chi connectivity index (χ1n) is 12.1. The third-order valence-corrected chi connectivity index (χ3v) is 7.42. The van der Waals surface area contributed by atoms with Gasteiger partial charge in [-0.25, -0.2) is 4.79 Å². The highest BCUT2D eigenvalue weighted by atomic mass is 16.7. The Bertz CT molecular complexity index is 1400. The smallest absolute Gasteiger partial charge is 0.330 e. The Kier molecular flexibility index (Phi) is 5.20. The summed E-state index contributed by atoms with van der Waals surface area (Å²) in [7, 11) is 0. The number of aliphatic hydroxyl groups is 2. The zero-order valence-corrected chi connectivity index (χ0v) is 20.3. The van der Waals surface area contributed by atoms with Crippen molar-refractivity contribution in [3.63, 3.8) is 0 Å². The lowest BCUT2D eigenvalue weighted by Crippen LogP contribution is -2.48.